The number of amides is 2. The molecule has 39 heavy (non-hydrogen) atoms. The van der Waals surface area contributed by atoms with Gasteiger partial charge < -0.3 is 9.47 Å². The molecule has 5 rings (SSSR count). The van der Waals surface area contributed by atoms with Crippen molar-refractivity contribution in [1.82, 2.24) is 9.97 Å². The Balaban J connectivity index is 1.14. The number of aromatic nitrogens is 2. The molecule has 2 amide bonds. The van der Waals surface area contributed by atoms with E-state index in [1.807, 2.05) is 48.5 Å². The molecule has 0 spiro atoms. The maximum atomic E-state index is 12.8. The van der Waals surface area contributed by atoms with Gasteiger partial charge in [0.25, 0.3) is 11.8 Å². The van der Waals surface area contributed by atoms with Crippen LogP contribution in [0.3, 0.4) is 0 Å². The summed E-state index contributed by atoms with van der Waals surface area (Å²) in [5, 5.41) is 6.67. The highest BCUT2D eigenvalue weighted by atomic mass is 32.1. The third-order valence-corrected chi connectivity index (χ3v) is 8.58. The van der Waals surface area contributed by atoms with Gasteiger partial charge in [0.15, 0.2) is 10.3 Å². The minimum Gasteiger partial charge on any atom is -0.497 e. The number of nitrogens with zero attached hydrogens (tertiary/aromatic N) is 2. The molecule has 3 heterocycles. The first-order valence-corrected chi connectivity index (χ1v) is 14.3. The van der Waals surface area contributed by atoms with Crippen molar-refractivity contribution in [3.63, 3.8) is 0 Å². The predicted molar refractivity (Wildman–Crippen MR) is 156 cm³/mol. The molecule has 0 unspecified atom stereocenters. The van der Waals surface area contributed by atoms with Gasteiger partial charge in [-0.3, -0.25) is 20.2 Å². The Morgan fingerprint density at radius 3 is 1.44 bits per heavy atom. The van der Waals surface area contributed by atoms with E-state index in [1.54, 1.807) is 38.7 Å². The van der Waals surface area contributed by atoms with Crippen LogP contribution < -0.4 is 20.1 Å². The van der Waals surface area contributed by atoms with E-state index in [0.29, 0.717) is 32.9 Å². The van der Waals surface area contributed by atoms with E-state index in [0.717, 1.165) is 43.7 Å². The molecule has 0 saturated carbocycles. The van der Waals surface area contributed by atoms with Crippen molar-refractivity contribution >= 4 is 56.1 Å². The quantitative estimate of drug-likeness (QED) is 0.200. The van der Waals surface area contributed by atoms with Gasteiger partial charge in [0.1, 0.15) is 11.5 Å². The number of thiophene rings is 1. The summed E-state index contributed by atoms with van der Waals surface area (Å²) in [6.07, 6.45) is 4.93. The Hall–Kier alpha value is -4.06. The molecule has 0 aliphatic heterocycles. The molecule has 0 atom stereocenters. The molecular weight excluding hydrogens is 553 g/mol. The molecule has 0 aliphatic carbocycles. The number of carbonyl (C=O) groups excluding carboxylic acids is 2. The number of carbonyl (C=O) groups is 2. The molecule has 5 aromatic rings. The van der Waals surface area contributed by atoms with Crippen molar-refractivity contribution in [2.75, 3.05) is 24.9 Å². The van der Waals surface area contributed by atoms with Crippen molar-refractivity contribution in [1.29, 1.82) is 0 Å². The lowest BCUT2D eigenvalue weighted by molar-refractivity contribution is 0.102. The van der Waals surface area contributed by atoms with E-state index in [2.05, 4.69) is 20.6 Å². The number of thiazole rings is 2. The fourth-order valence-electron chi connectivity index (χ4n) is 3.68. The second kappa shape index (κ2) is 12.2. The van der Waals surface area contributed by atoms with Crippen LogP contribution in [-0.2, 0) is 12.8 Å². The third kappa shape index (κ3) is 6.88. The topological polar surface area (TPSA) is 102 Å². The van der Waals surface area contributed by atoms with Crippen LogP contribution in [0.2, 0.25) is 0 Å². The van der Waals surface area contributed by atoms with E-state index < -0.39 is 0 Å². The Morgan fingerprint density at radius 2 is 1.05 bits per heavy atom. The van der Waals surface area contributed by atoms with Crippen molar-refractivity contribution < 1.29 is 19.1 Å². The van der Waals surface area contributed by atoms with Gasteiger partial charge in [-0.1, -0.05) is 24.3 Å². The lowest BCUT2D eigenvalue weighted by Crippen LogP contribution is -2.10. The van der Waals surface area contributed by atoms with Crippen LogP contribution in [0.25, 0.3) is 0 Å². The first-order valence-electron chi connectivity index (χ1n) is 11.9. The predicted octanol–water partition coefficient (Wildman–Crippen LogP) is 6.36. The number of rotatable bonds is 10. The summed E-state index contributed by atoms with van der Waals surface area (Å²) in [5.41, 5.74) is 2.25. The van der Waals surface area contributed by atoms with Crippen LogP contribution in [0.5, 0.6) is 11.5 Å². The largest absolute Gasteiger partial charge is 0.497 e. The van der Waals surface area contributed by atoms with Crippen molar-refractivity contribution in [3.8, 4) is 11.5 Å². The SMILES string of the molecule is COc1ccc(Cc2cnc(NC(=O)c3ccc(C(=O)Nc4ncc(Cc5ccc(OC)cc5)s4)s3)s2)cc1. The Bertz CT molecular complexity index is 1460. The summed E-state index contributed by atoms with van der Waals surface area (Å²) < 4.78 is 10.4. The number of hydrogen-bond donors (Lipinski definition) is 2. The van der Waals surface area contributed by atoms with Crippen LogP contribution in [-0.4, -0.2) is 36.0 Å². The fourth-order valence-corrected chi connectivity index (χ4v) is 6.16. The normalized spacial score (nSPS) is 10.7. The van der Waals surface area contributed by atoms with Gasteiger partial charge in [-0.2, -0.15) is 0 Å². The van der Waals surface area contributed by atoms with Gasteiger partial charge in [0.05, 0.1) is 24.0 Å². The van der Waals surface area contributed by atoms with Crippen LogP contribution in [0, 0.1) is 0 Å². The molecular formula is C28H24N4O4S3. The number of benzene rings is 2. The second-order valence-corrected chi connectivity index (χ2v) is 11.7. The molecule has 0 saturated heterocycles. The molecule has 0 radical (unpaired) electrons. The summed E-state index contributed by atoms with van der Waals surface area (Å²) in [5.74, 6) is 1.00. The second-order valence-electron chi connectivity index (χ2n) is 8.39. The lowest BCUT2D eigenvalue weighted by atomic mass is 10.1. The van der Waals surface area contributed by atoms with E-state index in [-0.39, 0.29) is 11.8 Å². The minimum absolute atomic E-state index is 0.305. The zero-order chi connectivity index (χ0) is 27.2. The molecule has 2 aromatic carbocycles. The summed E-state index contributed by atoms with van der Waals surface area (Å²) in [6.45, 7) is 0. The van der Waals surface area contributed by atoms with Crippen LogP contribution in [0.1, 0.15) is 40.2 Å². The number of hydrogen-bond acceptors (Lipinski definition) is 9. The molecule has 0 fully saturated rings. The highest BCUT2D eigenvalue weighted by Crippen LogP contribution is 2.26. The first kappa shape index (κ1) is 26.5. The summed E-state index contributed by atoms with van der Waals surface area (Å²) in [4.78, 5) is 37.1. The molecule has 3 aromatic heterocycles. The van der Waals surface area contributed by atoms with Crippen molar-refractivity contribution in [2.45, 2.75) is 12.8 Å². The van der Waals surface area contributed by atoms with Crippen LogP contribution in [0.15, 0.2) is 73.1 Å². The zero-order valence-corrected chi connectivity index (χ0v) is 23.5. The van der Waals surface area contributed by atoms with E-state index >= 15 is 0 Å². The molecule has 11 heteroatoms. The average Bonchev–Trinajstić information content (AvgIpc) is 3.72. The van der Waals surface area contributed by atoms with Gasteiger partial charge in [-0.15, -0.1) is 34.0 Å². The van der Waals surface area contributed by atoms with Gasteiger partial charge in [-0.25, -0.2) is 9.97 Å². The average molecular weight is 577 g/mol. The highest BCUT2D eigenvalue weighted by molar-refractivity contribution is 7.17. The van der Waals surface area contributed by atoms with Gasteiger partial charge in [0.2, 0.25) is 0 Å². The van der Waals surface area contributed by atoms with Gasteiger partial charge >= 0.3 is 0 Å². The summed E-state index contributed by atoms with van der Waals surface area (Å²) in [7, 11) is 3.27. The maximum absolute atomic E-state index is 12.8. The Labute approximate surface area is 237 Å². The van der Waals surface area contributed by atoms with Crippen molar-refractivity contribution in [2.24, 2.45) is 0 Å². The highest BCUT2D eigenvalue weighted by Gasteiger charge is 2.17. The number of ether oxygens (including phenoxy) is 2. The molecule has 2 N–H and O–H groups in total. The van der Waals surface area contributed by atoms with E-state index in [9.17, 15) is 9.59 Å². The Kier molecular flexibility index (Phi) is 8.30. The number of methoxy groups -OCH3 is 2. The zero-order valence-electron chi connectivity index (χ0n) is 21.1. The van der Waals surface area contributed by atoms with Crippen LogP contribution >= 0.6 is 34.0 Å². The minimum atomic E-state index is -0.305. The molecule has 8 nitrogen and oxygen atoms in total. The summed E-state index contributed by atoms with van der Waals surface area (Å²) in [6, 6.07) is 18.9. The number of anilines is 2. The molecule has 198 valence electrons. The first-order chi connectivity index (χ1) is 19.0. The van der Waals surface area contributed by atoms with Gasteiger partial charge in [0, 0.05) is 35.0 Å². The fraction of sp³-hybridized carbons (Fsp3) is 0.143. The van der Waals surface area contributed by atoms with Crippen molar-refractivity contribution in [3.05, 3.63) is 104 Å². The monoisotopic (exact) mass is 576 g/mol. The van der Waals surface area contributed by atoms with Crippen LogP contribution in [0.4, 0.5) is 10.3 Å². The summed E-state index contributed by atoms with van der Waals surface area (Å²) >= 11 is 3.96. The van der Waals surface area contributed by atoms with E-state index in [4.69, 9.17) is 9.47 Å². The third-order valence-electron chi connectivity index (χ3n) is 5.68. The standard InChI is InChI=1S/C28H24N4O4S3/c1-35-19-7-3-17(4-8-19)13-21-15-29-27(37-21)31-25(33)23-11-12-24(39-23)26(34)32-28-30-16-22(38-28)14-18-5-9-20(36-2)10-6-18/h3-12,15-16H,13-14H2,1-2H3,(H,29,31,33)(H,30,32,34). The smallest absolute Gasteiger partial charge is 0.267 e. The molecule has 0 aliphatic rings. The maximum Gasteiger partial charge on any atom is 0.267 e. The van der Waals surface area contributed by atoms with E-state index in [1.165, 1.54) is 22.7 Å². The van der Waals surface area contributed by atoms with Gasteiger partial charge in [-0.05, 0) is 47.5 Å². The lowest BCUT2D eigenvalue weighted by Gasteiger charge is -2.02. The number of nitrogens with one attached hydrogen (secondary N) is 2. The Morgan fingerprint density at radius 1 is 0.641 bits per heavy atom. The molecule has 0 bridgehead atoms.